The minimum atomic E-state index is -1.16. The molecule has 39 heavy (non-hydrogen) atoms. The molecule has 0 heterocycles. The van der Waals surface area contributed by atoms with Crippen molar-refractivity contribution < 1.29 is 24.9 Å². The van der Waals surface area contributed by atoms with Gasteiger partial charge in [-0.25, -0.2) is 4.79 Å². The van der Waals surface area contributed by atoms with E-state index >= 15 is 0 Å². The molecule has 0 aromatic heterocycles. The van der Waals surface area contributed by atoms with Crippen molar-refractivity contribution in [3.05, 3.63) is 0 Å². The van der Waals surface area contributed by atoms with E-state index < -0.39 is 18.0 Å². The lowest BCUT2D eigenvalue weighted by Crippen LogP contribution is -2.18. The summed E-state index contributed by atoms with van der Waals surface area (Å²) in [7, 11) is 0. The molecule has 3 N–H and O–H groups in total. The Morgan fingerprint density at radius 1 is 0.436 bits per heavy atom. The van der Waals surface area contributed by atoms with Gasteiger partial charge in [0.15, 0.2) is 6.10 Å². The van der Waals surface area contributed by atoms with Gasteiger partial charge in [0.2, 0.25) is 0 Å². The quantitative estimate of drug-likeness (QED) is 0.0765. The molecule has 0 fully saturated rings. The van der Waals surface area contributed by atoms with Gasteiger partial charge >= 0.3 is 11.9 Å². The number of hydrogen-bond donors (Lipinski definition) is 3. The Balaban J connectivity index is 0. The monoisotopic (exact) mass is 557 g/mol. The zero-order chi connectivity index (χ0) is 29.2. The third kappa shape index (κ3) is 39.1. The molecular formula is C34H68O5. The maximum atomic E-state index is 10.4. The van der Waals surface area contributed by atoms with Crippen molar-refractivity contribution in [3.8, 4) is 0 Å². The van der Waals surface area contributed by atoms with Crippen molar-refractivity contribution >= 4 is 11.9 Å². The number of rotatable bonds is 30. The number of carboxylic acid groups (broad SMARTS) is 2. The van der Waals surface area contributed by atoms with Crippen LogP contribution in [0.1, 0.15) is 200 Å². The van der Waals surface area contributed by atoms with Crippen molar-refractivity contribution in [3.63, 3.8) is 0 Å². The molecule has 5 nitrogen and oxygen atoms in total. The van der Waals surface area contributed by atoms with Crippen LogP contribution in [0.4, 0.5) is 0 Å². The Kier molecular flexibility index (Phi) is 35.9. The number of carboxylic acids is 2. The number of carbonyl (C=O) groups is 2. The Labute approximate surface area is 242 Å². The molecule has 0 rings (SSSR count). The molecule has 0 aliphatic heterocycles. The molecule has 0 aliphatic carbocycles. The second-order valence-corrected chi connectivity index (χ2v) is 11.6. The Bertz CT molecular complexity index is 494. The molecule has 0 saturated carbocycles. The van der Waals surface area contributed by atoms with E-state index in [1.807, 2.05) is 0 Å². The summed E-state index contributed by atoms with van der Waals surface area (Å²) in [5.74, 6) is -1.75. The molecular weight excluding hydrogens is 488 g/mol. The van der Waals surface area contributed by atoms with Gasteiger partial charge in [0.05, 0.1) is 0 Å². The van der Waals surface area contributed by atoms with E-state index in [0.29, 0.717) is 12.8 Å². The standard InChI is InChI=1S/C18H36O3.C16H32O2/c1-2-3-4-5-6-7-8-9-10-11-12-13-14-15-16-17(19)18(20)21;1-2-3-4-5-6-7-8-9-10-11-12-13-14-15-16(17)18/h17,19H,2-16H2,1H3,(H,20,21);2-15H2,1H3,(H,17,18). The van der Waals surface area contributed by atoms with Crippen LogP contribution in [0, 0.1) is 0 Å². The molecule has 234 valence electrons. The fourth-order valence-electron chi connectivity index (χ4n) is 4.95. The number of aliphatic carboxylic acids is 2. The van der Waals surface area contributed by atoms with Crippen molar-refractivity contribution in [1.82, 2.24) is 0 Å². The number of aliphatic hydroxyl groups excluding tert-OH is 1. The van der Waals surface area contributed by atoms with Crippen LogP contribution in [-0.2, 0) is 9.59 Å². The van der Waals surface area contributed by atoms with Crippen LogP contribution in [-0.4, -0.2) is 33.4 Å². The molecule has 5 heteroatoms. The fourth-order valence-corrected chi connectivity index (χ4v) is 4.95. The van der Waals surface area contributed by atoms with E-state index in [1.165, 1.54) is 148 Å². The van der Waals surface area contributed by atoms with Crippen molar-refractivity contribution in [2.24, 2.45) is 0 Å². The summed E-state index contributed by atoms with van der Waals surface area (Å²) in [6.45, 7) is 4.52. The average molecular weight is 557 g/mol. The van der Waals surface area contributed by atoms with E-state index in [-0.39, 0.29) is 0 Å². The van der Waals surface area contributed by atoms with Gasteiger partial charge < -0.3 is 15.3 Å². The van der Waals surface area contributed by atoms with Crippen LogP contribution in [0.3, 0.4) is 0 Å². The first kappa shape index (κ1) is 40.0. The predicted molar refractivity (Wildman–Crippen MR) is 167 cm³/mol. The maximum Gasteiger partial charge on any atom is 0.332 e. The minimum absolute atomic E-state index is 0.345. The number of aliphatic hydroxyl groups is 1. The molecule has 1 atom stereocenters. The average Bonchev–Trinajstić information content (AvgIpc) is 2.91. The summed E-state index contributed by atoms with van der Waals surface area (Å²) < 4.78 is 0. The first-order valence-corrected chi connectivity index (χ1v) is 17.1. The highest BCUT2D eigenvalue weighted by molar-refractivity contribution is 5.71. The summed E-state index contributed by atoms with van der Waals surface area (Å²) in [6, 6.07) is 0. The van der Waals surface area contributed by atoms with Crippen LogP contribution < -0.4 is 0 Å². The Morgan fingerprint density at radius 2 is 0.692 bits per heavy atom. The first-order valence-electron chi connectivity index (χ1n) is 17.1. The van der Waals surface area contributed by atoms with Crippen LogP contribution in [0.25, 0.3) is 0 Å². The summed E-state index contributed by atoms with van der Waals surface area (Å²) in [6.07, 6.45) is 34.5. The van der Waals surface area contributed by atoms with Crippen LogP contribution in [0.5, 0.6) is 0 Å². The maximum absolute atomic E-state index is 10.4. The van der Waals surface area contributed by atoms with E-state index in [0.717, 1.165) is 25.7 Å². The van der Waals surface area contributed by atoms with Crippen molar-refractivity contribution in [1.29, 1.82) is 0 Å². The van der Waals surface area contributed by atoms with Gasteiger partial charge in [-0.15, -0.1) is 0 Å². The third-order valence-corrected chi connectivity index (χ3v) is 7.61. The molecule has 0 bridgehead atoms. The summed E-state index contributed by atoms with van der Waals surface area (Å²) in [5, 5.41) is 26.1. The molecule has 0 aromatic rings. The Hall–Kier alpha value is -1.10. The van der Waals surface area contributed by atoms with Gasteiger partial charge in [0, 0.05) is 6.42 Å². The van der Waals surface area contributed by atoms with Gasteiger partial charge in [-0.2, -0.15) is 0 Å². The largest absolute Gasteiger partial charge is 0.481 e. The van der Waals surface area contributed by atoms with Crippen LogP contribution >= 0.6 is 0 Å². The lowest BCUT2D eigenvalue weighted by molar-refractivity contribution is -0.147. The van der Waals surface area contributed by atoms with Gasteiger partial charge in [0.1, 0.15) is 0 Å². The minimum Gasteiger partial charge on any atom is -0.481 e. The summed E-state index contributed by atoms with van der Waals surface area (Å²) >= 11 is 0. The van der Waals surface area contributed by atoms with Gasteiger partial charge in [0.25, 0.3) is 0 Å². The van der Waals surface area contributed by atoms with E-state index in [1.54, 1.807) is 0 Å². The zero-order valence-electron chi connectivity index (χ0n) is 26.2. The van der Waals surface area contributed by atoms with Crippen LogP contribution in [0.2, 0.25) is 0 Å². The highest BCUT2D eigenvalue weighted by Crippen LogP contribution is 2.14. The van der Waals surface area contributed by atoms with Gasteiger partial charge in [-0.1, -0.05) is 181 Å². The highest BCUT2D eigenvalue weighted by atomic mass is 16.4. The summed E-state index contributed by atoms with van der Waals surface area (Å²) in [5.41, 5.74) is 0. The van der Waals surface area contributed by atoms with Crippen molar-refractivity contribution in [2.45, 2.75) is 206 Å². The normalized spacial score (nSPS) is 11.7. The molecule has 0 aliphatic rings. The lowest BCUT2D eigenvalue weighted by atomic mass is 10.0. The molecule has 1 unspecified atom stereocenters. The third-order valence-electron chi connectivity index (χ3n) is 7.61. The summed E-state index contributed by atoms with van der Waals surface area (Å²) in [4.78, 5) is 20.7. The highest BCUT2D eigenvalue weighted by Gasteiger charge is 2.11. The van der Waals surface area contributed by atoms with E-state index in [4.69, 9.17) is 15.3 Å². The fraction of sp³-hybridized carbons (Fsp3) is 0.941. The predicted octanol–water partition coefficient (Wildman–Crippen LogP) is 10.9. The van der Waals surface area contributed by atoms with Gasteiger partial charge in [-0.3, -0.25) is 4.79 Å². The zero-order valence-corrected chi connectivity index (χ0v) is 26.2. The topological polar surface area (TPSA) is 94.8 Å². The lowest BCUT2D eigenvalue weighted by Gasteiger charge is -2.05. The first-order chi connectivity index (χ1) is 19.0. The van der Waals surface area contributed by atoms with Gasteiger partial charge in [-0.05, 0) is 12.8 Å². The van der Waals surface area contributed by atoms with Crippen molar-refractivity contribution in [2.75, 3.05) is 0 Å². The van der Waals surface area contributed by atoms with E-state index in [9.17, 15) is 9.59 Å². The van der Waals surface area contributed by atoms with E-state index in [2.05, 4.69) is 13.8 Å². The van der Waals surface area contributed by atoms with Crippen LogP contribution in [0.15, 0.2) is 0 Å². The molecule has 0 spiro atoms. The molecule has 0 aromatic carbocycles. The SMILES string of the molecule is CCCCCCCCCCCCCCCC(=O)O.CCCCCCCCCCCCCCCCC(O)C(=O)O. The molecule has 0 amide bonds. The second-order valence-electron chi connectivity index (χ2n) is 11.6. The second kappa shape index (κ2) is 34.9. The molecule has 0 saturated heterocycles. The smallest absolute Gasteiger partial charge is 0.332 e. The Morgan fingerprint density at radius 3 is 0.949 bits per heavy atom. The molecule has 0 radical (unpaired) electrons. The number of unbranched alkanes of at least 4 members (excludes halogenated alkanes) is 25. The number of hydrogen-bond acceptors (Lipinski definition) is 3.